The van der Waals surface area contributed by atoms with Gasteiger partial charge in [-0.2, -0.15) is 0 Å². The zero-order chi connectivity index (χ0) is 15.2. The van der Waals surface area contributed by atoms with Crippen molar-refractivity contribution in [2.24, 2.45) is 0 Å². The van der Waals surface area contributed by atoms with Crippen LogP contribution in [0.25, 0.3) is 0 Å². The minimum Gasteiger partial charge on any atom is -0.339 e. The molecule has 0 N–H and O–H groups in total. The lowest BCUT2D eigenvalue weighted by Gasteiger charge is -2.21. The Morgan fingerprint density at radius 1 is 1.10 bits per heavy atom. The maximum Gasteiger partial charge on any atom is 0.256 e. The van der Waals surface area contributed by atoms with Gasteiger partial charge in [-0.25, -0.2) is 8.78 Å². The number of hydrogen-bond acceptors (Lipinski definition) is 1. The molecule has 0 unspecified atom stereocenters. The van der Waals surface area contributed by atoms with Crippen LogP contribution in [0.1, 0.15) is 22.8 Å². The van der Waals surface area contributed by atoms with E-state index in [1.807, 2.05) is 37.3 Å². The Morgan fingerprint density at radius 2 is 1.81 bits per heavy atom. The largest absolute Gasteiger partial charge is 0.339 e. The smallest absolute Gasteiger partial charge is 0.256 e. The van der Waals surface area contributed by atoms with E-state index in [1.54, 1.807) is 4.90 Å². The lowest BCUT2D eigenvalue weighted by Crippen LogP contribution is -2.33. The van der Waals surface area contributed by atoms with Gasteiger partial charge in [0.05, 0.1) is 5.56 Å². The van der Waals surface area contributed by atoms with E-state index in [1.165, 1.54) is 6.07 Å². The van der Waals surface area contributed by atoms with Crippen molar-refractivity contribution in [1.82, 2.24) is 4.90 Å². The summed E-state index contributed by atoms with van der Waals surface area (Å²) in [6.07, 6.45) is 0.698. The van der Waals surface area contributed by atoms with Gasteiger partial charge in [-0.3, -0.25) is 4.79 Å². The molecule has 0 saturated carbocycles. The topological polar surface area (TPSA) is 20.3 Å². The van der Waals surface area contributed by atoms with Crippen LogP contribution in [0.4, 0.5) is 8.78 Å². The number of likely N-dealkylation sites (N-methyl/N-ethyl adjacent to an activating group) is 1. The van der Waals surface area contributed by atoms with Crippen molar-refractivity contribution in [3.63, 3.8) is 0 Å². The van der Waals surface area contributed by atoms with Gasteiger partial charge in [0.25, 0.3) is 5.91 Å². The van der Waals surface area contributed by atoms with Crippen molar-refractivity contribution in [2.75, 3.05) is 13.1 Å². The maximum absolute atomic E-state index is 13.7. The van der Waals surface area contributed by atoms with E-state index in [-0.39, 0.29) is 5.56 Å². The third kappa shape index (κ3) is 3.88. The molecule has 2 aromatic carbocycles. The highest BCUT2D eigenvalue weighted by Gasteiger charge is 2.18. The summed E-state index contributed by atoms with van der Waals surface area (Å²) in [7, 11) is 0. The summed E-state index contributed by atoms with van der Waals surface area (Å²) in [4.78, 5) is 13.9. The summed E-state index contributed by atoms with van der Waals surface area (Å²) in [5, 5.41) is 0. The maximum atomic E-state index is 13.7. The van der Waals surface area contributed by atoms with Crippen molar-refractivity contribution >= 4 is 5.91 Å². The van der Waals surface area contributed by atoms with Gasteiger partial charge >= 0.3 is 0 Å². The van der Waals surface area contributed by atoms with Crippen LogP contribution in [0, 0.1) is 11.6 Å². The van der Waals surface area contributed by atoms with Gasteiger partial charge in [0.2, 0.25) is 0 Å². The predicted molar refractivity (Wildman–Crippen MR) is 78.1 cm³/mol. The molecule has 0 aliphatic heterocycles. The Kier molecular flexibility index (Phi) is 5.04. The van der Waals surface area contributed by atoms with Crippen molar-refractivity contribution in [1.29, 1.82) is 0 Å². The predicted octanol–water partition coefficient (Wildman–Crippen LogP) is 3.67. The van der Waals surface area contributed by atoms with Crippen LogP contribution >= 0.6 is 0 Å². The second kappa shape index (κ2) is 6.97. The summed E-state index contributed by atoms with van der Waals surface area (Å²) in [6.45, 7) is 2.81. The van der Waals surface area contributed by atoms with Gasteiger partial charge in [-0.05, 0) is 31.0 Å². The van der Waals surface area contributed by atoms with Gasteiger partial charge in [0.15, 0.2) is 0 Å². The normalized spacial score (nSPS) is 10.4. The summed E-state index contributed by atoms with van der Waals surface area (Å²) in [5.41, 5.74) is 1.02. The number of rotatable bonds is 5. The van der Waals surface area contributed by atoms with Crippen LogP contribution in [0.15, 0.2) is 48.5 Å². The molecule has 0 spiro atoms. The minimum absolute atomic E-state index is 0.0914. The molecule has 0 saturated heterocycles. The van der Waals surface area contributed by atoms with E-state index < -0.39 is 17.5 Å². The number of carbonyl (C=O) groups is 1. The van der Waals surface area contributed by atoms with Crippen LogP contribution in [0.5, 0.6) is 0 Å². The minimum atomic E-state index is -0.821. The summed E-state index contributed by atoms with van der Waals surface area (Å²) in [6, 6.07) is 12.8. The van der Waals surface area contributed by atoms with Crippen molar-refractivity contribution in [2.45, 2.75) is 13.3 Å². The van der Waals surface area contributed by atoms with Crippen LogP contribution in [-0.4, -0.2) is 23.9 Å². The van der Waals surface area contributed by atoms with E-state index in [2.05, 4.69) is 0 Å². The fourth-order valence-electron chi connectivity index (χ4n) is 2.15. The quantitative estimate of drug-likeness (QED) is 0.822. The first-order valence-corrected chi connectivity index (χ1v) is 6.90. The second-order valence-electron chi connectivity index (χ2n) is 4.74. The summed E-state index contributed by atoms with van der Waals surface area (Å²) in [5.74, 6) is -1.92. The molecule has 0 fully saturated rings. The van der Waals surface area contributed by atoms with E-state index in [0.29, 0.717) is 19.5 Å². The molecule has 2 aromatic rings. The number of halogens is 2. The van der Waals surface area contributed by atoms with Crippen LogP contribution < -0.4 is 0 Å². The first kappa shape index (κ1) is 15.2. The van der Waals surface area contributed by atoms with Gasteiger partial charge in [0.1, 0.15) is 11.6 Å². The van der Waals surface area contributed by atoms with Crippen molar-refractivity contribution in [3.8, 4) is 0 Å². The lowest BCUT2D eigenvalue weighted by atomic mass is 10.1. The molecule has 2 rings (SSSR count). The van der Waals surface area contributed by atoms with E-state index in [9.17, 15) is 13.6 Å². The Balaban J connectivity index is 2.08. The van der Waals surface area contributed by atoms with E-state index in [0.717, 1.165) is 17.7 Å². The number of amides is 1. The van der Waals surface area contributed by atoms with Gasteiger partial charge in [0, 0.05) is 19.2 Å². The fourth-order valence-corrected chi connectivity index (χ4v) is 2.15. The van der Waals surface area contributed by atoms with Crippen LogP contribution in [0.3, 0.4) is 0 Å². The first-order chi connectivity index (χ1) is 10.1. The van der Waals surface area contributed by atoms with Crippen molar-refractivity contribution < 1.29 is 13.6 Å². The zero-order valence-corrected chi connectivity index (χ0v) is 11.9. The summed E-state index contributed by atoms with van der Waals surface area (Å²) >= 11 is 0. The van der Waals surface area contributed by atoms with Gasteiger partial charge in [-0.15, -0.1) is 0 Å². The van der Waals surface area contributed by atoms with E-state index in [4.69, 9.17) is 0 Å². The third-order valence-electron chi connectivity index (χ3n) is 3.34. The molecular formula is C17H17F2NO. The molecule has 0 radical (unpaired) electrons. The number of nitrogens with zero attached hydrogens (tertiary/aromatic N) is 1. The van der Waals surface area contributed by atoms with Gasteiger partial charge < -0.3 is 4.90 Å². The molecule has 0 bridgehead atoms. The molecule has 0 heterocycles. The molecule has 4 heteroatoms. The summed E-state index contributed by atoms with van der Waals surface area (Å²) < 4.78 is 26.6. The highest BCUT2D eigenvalue weighted by Crippen LogP contribution is 2.13. The van der Waals surface area contributed by atoms with Gasteiger partial charge in [-0.1, -0.05) is 30.3 Å². The van der Waals surface area contributed by atoms with E-state index >= 15 is 0 Å². The standard InChI is InChI=1S/C17H17F2NO/c1-2-20(11-10-13-6-4-3-5-7-13)17(21)15-9-8-14(18)12-16(15)19/h3-9,12H,2,10-11H2,1H3. The number of carbonyl (C=O) groups excluding carboxylic acids is 1. The SMILES string of the molecule is CCN(CCc1ccccc1)C(=O)c1ccc(F)cc1F. The molecule has 0 aliphatic carbocycles. The molecule has 1 amide bonds. The Hall–Kier alpha value is -2.23. The molecular weight excluding hydrogens is 272 g/mol. The first-order valence-electron chi connectivity index (χ1n) is 6.90. The molecule has 21 heavy (non-hydrogen) atoms. The lowest BCUT2D eigenvalue weighted by molar-refractivity contribution is 0.0761. The average molecular weight is 289 g/mol. The van der Waals surface area contributed by atoms with Crippen LogP contribution in [-0.2, 0) is 6.42 Å². The average Bonchev–Trinajstić information content (AvgIpc) is 2.48. The molecule has 0 atom stereocenters. The second-order valence-corrected chi connectivity index (χ2v) is 4.74. The highest BCUT2D eigenvalue weighted by molar-refractivity contribution is 5.94. The monoisotopic (exact) mass is 289 g/mol. The molecule has 2 nitrogen and oxygen atoms in total. The Morgan fingerprint density at radius 3 is 2.43 bits per heavy atom. The van der Waals surface area contributed by atoms with Crippen LogP contribution in [0.2, 0.25) is 0 Å². The third-order valence-corrected chi connectivity index (χ3v) is 3.34. The molecule has 0 aliphatic rings. The Labute approximate surface area is 123 Å². The fraction of sp³-hybridized carbons (Fsp3) is 0.235. The Bertz CT molecular complexity index is 613. The molecule has 110 valence electrons. The number of hydrogen-bond donors (Lipinski definition) is 0. The number of benzene rings is 2. The van der Waals surface area contributed by atoms with Crippen molar-refractivity contribution in [3.05, 3.63) is 71.3 Å². The molecule has 0 aromatic heterocycles. The zero-order valence-electron chi connectivity index (χ0n) is 11.9. The highest BCUT2D eigenvalue weighted by atomic mass is 19.1.